The average molecular weight is 786 g/mol. The predicted octanol–water partition coefficient (Wildman–Crippen LogP) is 14.7. The van der Waals surface area contributed by atoms with Crippen molar-refractivity contribution < 1.29 is 0 Å². The third kappa shape index (κ3) is 4.50. The van der Waals surface area contributed by atoms with Crippen LogP contribution in [-0.2, 0) is 10.8 Å². The second kappa shape index (κ2) is 12.6. The van der Waals surface area contributed by atoms with Gasteiger partial charge in [0.25, 0.3) is 0 Å². The molecule has 60 heavy (non-hydrogen) atoms. The minimum absolute atomic E-state index is 0.0290. The van der Waals surface area contributed by atoms with E-state index in [4.69, 9.17) is 0 Å². The van der Waals surface area contributed by atoms with E-state index in [0.717, 1.165) is 6.42 Å². The summed E-state index contributed by atoms with van der Waals surface area (Å²) >= 11 is 2.02. The molecule has 7 aromatic rings. The fourth-order valence-electron chi connectivity index (χ4n) is 12.4. The molecule has 0 aromatic heterocycles. The first-order chi connectivity index (χ1) is 29.5. The average Bonchev–Trinajstić information content (AvgIpc) is 3.99. The number of fused-ring (bicyclic) bond motifs is 16. The van der Waals surface area contributed by atoms with Gasteiger partial charge >= 0.3 is 0 Å². The summed E-state index contributed by atoms with van der Waals surface area (Å²) in [5, 5.41) is 0.361. The Balaban J connectivity index is 1.04. The lowest BCUT2D eigenvalue weighted by Crippen LogP contribution is -2.29. The van der Waals surface area contributed by atoms with Crippen molar-refractivity contribution in [3.63, 3.8) is 0 Å². The molecule has 3 unspecified atom stereocenters. The van der Waals surface area contributed by atoms with E-state index in [1.165, 1.54) is 99.9 Å². The SMILES string of the molecule is CC1(C)c2ccccc2C2C=CC=C(c3ccccc3N(C3=CC=C4c5ccccc5SC4C3)c3ccc4c(c3)C3(c5ccccc5-c5ccccc53)c3ccccc3-4)C21. The van der Waals surface area contributed by atoms with E-state index in [-0.39, 0.29) is 5.41 Å². The van der Waals surface area contributed by atoms with Crippen LogP contribution in [0, 0.1) is 5.92 Å². The summed E-state index contributed by atoms with van der Waals surface area (Å²) in [5.41, 5.74) is 22.6. The normalized spacial score (nSPS) is 21.0. The van der Waals surface area contributed by atoms with E-state index in [9.17, 15) is 0 Å². The fourth-order valence-corrected chi connectivity index (χ4v) is 13.7. The van der Waals surface area contributed by atoms with E-state index in [0.29, 0.717) is 17.1 Å². The van der Waals surface area contributed by atoms with Crippen molar-refractivity contribution in [3.05, 3.63) is 244 Å². The maximum absolute atomic E-state index is 2.64. The summed E-state index contributed by atoms with van der Waals surface area (Å²) in [7, 11) is 0. The molecule has 1 heterocycles. The number of anilines is 2. The molecule has 7 aromatic carbocycles. The van der Waals surface area contributed by atoms with Gasteiger partial charge in [0.2, 0.25) is 0 Å². The number of thioether (sulfide) groups is 1. The van der Waals surface area contributed by atoms with Crippen LogP contribution in [0.3, 0.4) is 0 Å². The van der Waals surface area contributed by atoms with Crippen molar-refractivity contribution in [2.45, 2.75) is 47.2 Å². The van der Waals surface area contributed by atoms with Gasteiger partial charge in [-0.05, 0) is 108 Å². The standard InChI is InChI=1S/C58H43NS/c1-57(2)48-24-9-3-19-41(48)46-22-15-23-47(56(46)57)43-20-7-13-28-53(43)59(37-31-33-45-44-21-8-14-29-54(44)60-55(45)35-37)36-30-32-42-40-18-6-12-27-51(40)58(52(42)34-36)49-25-10-4-16-38(49)39-17-5-11-26-50(39)58/h3-34,46,55-56H,35H2,1-2H3. The van der Waals surface area contributed by atoms with Crippen LogP contribution in [0.25, 0.3) is 33.4 Å². The molecule has 0 N–H and O–H groups in total. The van der Waals surface area contributed by atoms with E-state index < -0.39 is 5.41 Å². The molecule has 0 radical (unpaired) electrons. The Labute approximate surface area is 357 Å². The van der Waals surface area contributed by atoms with Gasteiger partial charge in [0.05, 0.1) is 11.1 Å². The molecular formula is C58H43NS. The molecule has 0 saturated heterocycles. The molecule has 13 rings (SSSR count). The van der Waals surface area contributed by atoms with Gasteiger partial charge < -0.3 is 4.90 Å². The molecule has 0 amide bonds. The van der Waals surface area contributed by atoms with E-state index in [2.05, 4.69) is 213 Å². The van der Waals surface area contributed by atoms with E-state index in [1.54, 1.807) is 0 Å². The van der Waals surface area contributed by atoms with Crippen LogP contribution < -0.4 is 4.90 Å². The number of allylic oxidation sites excluding steroid dienone is 7. The Morgan fingerprint density at radius 3 is 1.82 bits per heavy atom. The Morgan fingerprint density at radius 2 is 1.10 bits per heavy atom. The number of hydrogen-bond donors (Lipinski definition) is 0. The quantitative estimate of drug-likeness (QED) is 0.175. The van der Waals surface area contributed by atoms with Crippen LogP contribution in [-0.4, -0.2) is 5.25 Å². The lowest BCUT2D eigenvalue weighted by molar-refractivity contribution is 0.407. The van der Waals surface area contributed by atoms with Crippen LogP contribution in [0.4, 0.5) is 11.4 Å². The molecule has 1 spiro atoms. The predicted molar refractivity (Wildman–Crippen MR) is 251 cm³/mol. The third-order valence-electron chi connectivity index (χ3n) is 14.7. The maximum atomic E-state index is 2.64. The van der Waals surface area contributed by atoms with Gasteiger partial charge in [-0.2, -0.15) is 0 Å². The van der Waals surface area contributed by atoms with E-state index in [1.807, 2.05) is 11.8 Å². The van der Waals surface area contributed by atoms with Gasteiger partial charge in [-0.3, -0.25) is 0 Å². The highest BCUT2D eigenvalue weighted by Crippen LogP contribution is 2.64. The van der Waals surface area contributed by atoms with Gasteiger partial charge in [-0.25, -0.2) is 0 Å². The van der Waals surface area contributed by atoms with Crippen molar-refractivity contribution in [1.82, 2.24) is 0 Å². The Kier molecular flexibility index (Phi) is 7.24. The Hall–Kier alpha value is -6.35. The minimum Gasteiger partial charge on any atom is -0.314 e. The highest BCUT2D eigenvalue weighted by Gasteiger charge is 2.52. The first kappa shape index (κ1) is 34.5. The first-order valence-corrected chi connectivity index (χ1v) is 22.4. The lowest BCUT2D eigenvalue weighted by Gasteiger charge is -2.38. The van der Waals surface area contributed by atoms with E-state index >= 15 is 0 Å². The molecule has 286 valence electrons. The minimum atomic E-state index is -0.416. The molecule has 1 nitrogen and oxygen atoms in total. The van der Waals surface area contributed by atoms with Gasteiger partial charge in [0.1, 0.15) is 0 Å². The van der Waals surface area contributed by atoms with Crippen LogP contribution in [0.1, 0.15) is 70.7 Å². The van der Waals surface area contributed by atoms with Crippen LogP contribution in [0.2, 0.25) is 0 Å². The first-order valence-electron chi connectivity index (χ1n) is 21.5. The number of rotatable bonds is 4. The van der Waals surface area contributed by atoms with Crippen molar-refractivity contribution in [2.24, 2.45) is 5.92 Å². The molecule has 0 bridgehead atoms. The number of benzene rings is 7. The molecular weight excluding hydrogens is 743 g/mol. The van der Waals surface area contributed by atoms with Crippen molar-refractivity contribution in [3.8, 4) is 22.3 Å². The smallest absolute Gasteiger partial charge is 0.0726 e. The largest absolute Gasteiger partial charge is 0.314 e. The lowest BCUT2D eigenvalue weighted by atomic mass is 9.68. The highest BCUT2D eigenvalue weighted by atomic mass is 32.2. The van der Waals surface area contributed by atoms with Crippen molar-refractivity contribution in [1.29, 1.82) is 0 Å². The second-order valence-corrected chi connectivity index (χ2v) is 19.1. The molecule has 0 saturated carbocycles. The summed E-state index contributed by atoms with van der Waals surface area (Å²) in [6, 6.07) is 62.2. The Bertz CT molecular complexity index is 3050. The van der Waals surface area contributed by atoms with Gasteiger partial charge in [0.15, 0.2) is 0 Å². The van der Waals surface area contributed by atoms with Crippen molar-refractivity contribution in [2.75, 3.05) is 4.90 Å². The van der Waals surface area contributed by atoms with Crippen molar-refractivity contribution >= 4 is 34.3 Å². The summed E-state index contributed by atoms with van der Waals surface area (Å²) in [5.74, 6) is 0.658. The second-order valence-electron chi connectivity index (χ2n) is 17.9. The highest BCUT2D eigenvalue weighted by molar-refractivity contribution is 8.00. The van der Waals surface area contributed by atoms with Gasteiger partial charge in [-0.1, -0.05) is 178 Å². The summed E-state index contributed by atoms with van der Waals surface area (Å²) in [6.45, 7) is 4.92. The number of nitrogens with zero attached hydrogens (tertiary/aromatic N) is 1. The summed E-state index contributed by atoms with van der Waals surface area (Å²) in [6.07, 6.45) is 13.0. The molecule has 3 atom stereocenters. The zero-order valence-electron chi connectivity index (χ0n) is 33.8. The fraction of sp³-hybridized carbons (Fsp3) is 0.138. The van der Waals surface area contributed by atoms with Crippen LogP contribution >= 0.6 is 11.8 Å². The van der Waals surface area contributed by atoms with Crippen LogP contribution in [0.5, 0.6) is 0 Å². The molecule has 6 aliphatic rings. The number of para-hydroxylation sites is 1. The molecule has 5 aliphatic carbocycles. The summed E-state index contributed by atoms with van der Waals surface area (Å²) in [4.78, 5) is 4.03. The van der Waals surface area contributed by atoms with Gasteiger partial charge in [-0.15, -0.1) is 11.8 Å². The summed E-state index contributed by atoms with van der Waals surface area (Å²) < 4.78 is 0. The van der Waals surface area contributed by atoms with Gasteiger partial charge in [0, 0.05) is 45.3 Å². The number of hydrogen-bond acceptors (Lipinski definition) is 2. The zero-order valence-corrected chi connectivity index (χ0v) is 34.6. The third-order valence-corrected chi connectivity index (χ3v) is 16.0. The molecule has 1 aliphatic heterocycles. The Morgan fingerprint density at radius 1 is 0.517 bits per heavy atom. The zero-order chi connectivity index (χ0) is 39.7. The molecule has 2 heteroatoms. The molecule has 0 fully saturated rings. The maximum Gasteiger partial charge on any atom is 0.0726 e. The monoisotopic (exact) mass is 785 g/mol. The van der Waals surface area contributed by atoms with Crippen LogP contribution in [0.15, 0.2) is 205 Å². The topological polar surface area (TPSA) is 3.24 Å².